The van der Waals surface area contributed by atoms with Gasteiger partial charge >= 0.3 is 0 Å². The SMILES string of the molecule is COc1ccc(-c2cc(Cl)[nH]c(=O)c2)cc1. The third-order valence-corrected chi connectivity index (χ3v) is 2.44. The maximum Gasteiger partial charge on any atom is 0.249 e. The van der Waals surface area contributed by atoms with Crippen molar-refractivity contribution in [3.05, 3.63) is 51.9 Å². The lowest BCUT2D eigenvalue weighted by Crippen LogP contribution is -2.03. The zero-order chi connectivity index (χ0) is 11.5. The van der Waals surface area contributed by atoms with Crippen LogP contribution in [0.1, 0.15) is 0 Å². The Hall–Kier alpha value is -1.74. The largest absolute Gasteiger partial charge is 0.497 e. The van der Waals surface area contributed by atoms with Gasteiger partial charge in [-0.15, -0.1) is 0 Å². The molecule has 3 nitrogen and oxygen atoms in total. The molecule has 0 atom stereocenters. The molecule has 0 saturated heterocycles. The van der Waals surface area contributed by atoms with Crippen LogP contribution >= 0.6 is 11.6 Å². The molecule has 1 heterocycles. The van der Waals surface area contributed by atoms with Crippen molar-refractivity contribution >= 4 is 11.6 Å². The number of ether oxygens (including phenoxy) is 1. The van der Waals surface area contributed by atoms with Gasteiger partial charge in [0.1, 0.15) is 10.9 Å². The highest BCUT2D eigenvalue weighted by Crippen LogP contribution is 2.22. The van der Waals surface area contributed by atoms with E-state index in [0.717, 1.165) is 16.9 Å². The summed E-state index contributed by atoms with van der Waals surface area (Å²) in [5.74, 6) is 0.777. The lowest BCUT2D eigenvalue weighted by atomic mass is 10.1. The van der Waals surface area contributed by atoms with E-state index in [1.807, 2.05) is 24.3 Å². The van der Waals surface area contributed by atoms with Crippen molar-refractivity contribution in [1.29, 1.82) is 0 Å². The van der Waals surface area contributed by atoms with Gasteiger partial charge in [0.05, 0.1) is 7.11 Å². The lowest BCUT2D eigenvalue weighted by Gasteiger charge is -2.03. The van der Waals surface area contributed by atoms with Crippen molar-refractivity contribution < 1.29 is 4.74 Å². The number of hydrogen-bond donors (Lipinski definition) is 1. The molecule has 0 spiro atoms. The van der Waals surface area contributed by atoms with Gasteiger partial charge in [0.15, 0.2) is 0 Å². The van der Waals surface area contributed by atoms with E-state index in [1.165, 1.54) is 6.07 Å². The van der Waals surface area contributed by atoms with Gasteiger partial charge < -0.3 is 9.72 Å². The number of aromatic amines is 1. The summed E-state index contributed by atoms with van der Waals surface area (Å²) < 4.78 is 5.06. The van der Waals surface area contributed by atoms with Crippen LogP contribution in [-0.2, 0) is 0 Å². The number of methoxy groups -OCH3 is 1. The second kappa shape index (κ2) is 4.41. The molecule has 82 valence electrons. The van der Waals surface area contributed by atoms with E-state index in [4.69, 9.17) is 16.3 Å². The van der Waals surface area contributed by atoms with Crippen LogP contribution in [0, 0.1) is 0 Å². The summed E-state index contributed by atoms with van der Waals surface area (Å²) in [7, 11) is 1.61. The van der Waals surface area contributed by atoms with E-state index >= 15 is 0 Å². The van der Waals surface area contributed by atoms with E-state index in [0.29, 0.717) is 5.15 Å². The van der Waals surface area contributed by atoms with Crippen LogP contribution in [-0.4, -0.2) is 12.1 Å². The Kier molecular flexibility index (Phi) is 2.97. The maximum absolute atomic E-state index is 11.2. The highest BCUT2D eigenvalue weighted by molar-refractivity contribution is 6.29. The standard InChI is InChI=1S/C12H10ClNO2/c1-16-10-4-2-8(3-5-10)9-6-11(13)14-12(15)7-9/h2-7H,1H3,(H,14,15). The van der Waals surface area contributed by atoms with Crippen molar-refractivity contribution in [2.24, 2.45) is 0 Å². The minimum Gasteiger partial charge on any atom is -0.497 e. The molecule has 0 aliphatic heterocycles. The minimum absolute atomic E-state index is 0.210. The molecule has 2 rings (SSSR count). The first-order chi connectivity index (χ1) is 7.69. The number of pyridine rings is 1. The average molecular weight is 236 g/mol. The molecule has 1 aromatic carbocycles. The predicted molar refractivity (Wildman–Crippen MR) is 64.1 cm³/mol. The predicted octanol–water partition coefficient (Wildman–Crippen LogP) is 2.70. The second-order valence-electron chi connectivity index (χ2n) is 3.31. The number of aromatic nitrogens is 1. The zero-order valence-electron chi connectivity index (χ0n) is 8.66. The zero-order valence-corrected chi connectivity index (χ0v) is 9.41. The normalized spacial score (nSPS) is 10.1. The Morgan fingerprint density at radius 3 is 2.38 bits per heavy atom. The van der Waals surface area contributed by atoms with Crippen LogP contribution < -0.4 is 10.3 Å². The van der Waals surface area contributed by atoms with Crippen molar-refractivity contribution in [3.63, 3.8) is 0 Å². The Morgan fingerprint density at radius 2 is 1.81 bits per heavy atom. The number of nitrogens with one attached hydrogen (secondary N) is 1. The fraction of sp³-hybridized carbons (Fsp3) is 0.0833. The molecule has 2 aromatic rings. The molecular weight excluding hydrogens is 226 g/mol. The summed E-state index contributed by atoms with van der Waals surface area (Å²) in [6.07, 6.45) is 0. The van der Waals surface area contributed by atoms with Gasteiger partial charge in [0.25, 0.3) is 0 Å². The van der Waals surface area contributed by atoms with Crippen molar-refractivity contribution in [2.45, 2.75) is 0 Å². The van der Waals surface area contributed by atoms with Crippen LogP contribution in [0.4, 0.5) is 0 Å². The highest BCUT2D eigenvalue weighted by atomic mass is 35.5. The molecule has 0 saturated carbocycles. The quantitative estimate of drug-likeness (QED) is 0.814. The fourth-order valence-corrected chi connectivity index (χ4v) is 1.67. The highest BCUT2D eigenvalue weighted by Gasteiger charge is 2.01. The van der Waals surface area contributed by atoms with Crippen molar-refractivity contribution in [3.8, 4) is 16.9 Å². The van der Waals surface area contributed by atoms with Crippen molar-refractivity contribution in [2.75, 3.05) is 7.11 Å². The molecule has 0 bridgehead atoms. The maximum atomic E-state index is 11.2. The van der Waals surface area contributed by atoms with Gasteiger partial charge in [0.2, 0.25) is 5.56 Å². The summed E-state index contributed by atoms with van der Waals surface area (Å²) in [5.41, 5.74) is 1.50. The Labute approximate surface area is 97.7 Å². The molecule has 0 aliphatic carbocycles. The molecule has 16 heavy (non-hydrogen) atoms. The van der Waals surface area contributed by atoms with Gasteiger partial charge in [-0.05, 0) is 29.3 Å². The van der Waals surface area contributed by atoms with Gasteiger partial charge in [-0.1, -0.05) is 23.7 Å². The lowest BCUT2D eigenvalue weighted by molar-refractivity contribution is 0.415. The molecule has 0 amide bonds. The topological polar surface area (TPSA) is 42.1 Å². The first-order valence-corrected chi connectivity index (χ1v) is 5.11. The van der Waals surface area contributed by atoms with E-state index in [1.54, 1.807) is 13.2 Å². The van der Waals surface area contributed by atoms with Crippen LogP contribution in [0.3, 0.4) is 0 Å². The Morgan fingerprint density at radius 1 is 1.12 bits per heavy atom. The number of hydrogen-bond acceptors (Lipinski definition) is 2. The van der Waals surface area contributed by atoms with E-state index in [-0.39, 0.29) is 5.56 Å². The summed E-state index contributed by atoms with van der Waals surface area (Å²) in [6, 6.07) is 10.7. The van der Waals surface area contributed by atoms with Crippen LogP contribution in [0.2, 0.25) is 5.15 Å². The first-order valence-electron chi connectivity index (χ1n) is 4.73. The van der Waals surface area contributed by atoms with Gasteiger partial charge in [-0.25, -0.2) is 0 Å². The Balaban J connectivity index is 2.46. The number of H-pyrrole nitrogens is 1. The van der Waals surface area contributed by atoms with E-state index in [2.05, 4.69) is 4.98 Å². The summed E-state index contributed by atoms with van der Waals surface area (Å²) >= 11 is 5.78. The molecule has 0 fully saturated rings. The Bertz CT molecular complexity index is 546. The molecule has 0 unspecified atom stereocenters. The smallest absolute Gasteiger partial charge is 0.249 e. The number of benzene rings is 1. The molecule has 0 radical (unpaired) electrons. The van der Waals surface area contributed by atoms with E-state index < -0.39 is 0 Å². The molecule has 4 heteroatoms. The van der Waals surface area contributed by atoms with Crippen molar-refractivity contribution in [1.82, 2.24) is 4.98 Å². The summed E-state index contributed by atoms with van der Waals surface area (Å²) in [4.78, 5) is 13.7. The van der Waals surface area contributed by atoms with Crippen LogP contribution in [0.25, 0.3) is 11.1 Å². The van der Waals surface area contributed by atoms with Crippen LogP contribution in [0.15, 0.2) is 41.2 Å². The minimum atomic E-state index is -0.210. The third kappa shape index (κ3) is 2.25. The number of rotatable bonds is 2. The molecule has 0 aliphatic rings. The first kappa shape index (κ1) is 10.8. The molecule has 1 N–H and O–H groups in total. The second-order valence-corrected chi connectivity index (χ2v) is 3.72. The van der Waals surface area contributed by atoms with Crippen LogP contribution in [0.5, 0.6) is 5.75 Å². The fourth-order valence-electron chi connectivity index (χ4n) is 1.46. The summed E-state index contributed by atoms with van der Waals surface area (Å²) in [5, 5.41) is 0.332. The molecular formula is C12H10ClNO2. The van der Waals surface area contributed by atoms with Gasteiger partial charge in [-0.2, -0.15) is 0 Å². The molecule has 1 aromatic heterocycles. The summed E-state index contributed by atoms with van der Waals surface area (Å²) in [6.45, 7) is 0. The van der Waals surface area contributed by atoms with Gasteiger partial charge in [0, 0.05) is 6.07 Å². The number of halogens is 1. The van der Waals surface area contributed by atoms with E-state index in [9.17, 15) is 4.79 Å². The monoisotopic (exact) mass is 235 g/mol. The van der Waals surface area contributed by atoms with Gasteiger partial charge in [-0.3, -0.25) is 4.79 Å². The average Bonchev–Trinajstić information content (AvgIpc) is 2.28. The third-order valence-electron chi connectivity index (χ3n) is 2.23.